The number of aliphatic imine (C=N–C) groups is 1. The Labute approximate surface area is 165 Å². The first-order valence-corrected chi connectivity index (χ1v) is 9.36. The maximum atomic E-state index is 11.9. The lowest BCUT2D eigenvalue weighted by Crippen LogP contribution is -2.43. The fraction of sp³-hybridized carbons (Fsp3) is 0.625. The summed E-state index contributed by atoms with van der Waals surface area (Å²) >= 11 is 1.93. The zero-order valence-corrected chi connectivity index (χ0v) is 17.4. The Balaban J connectivity index is 0.00000288. The number of halogens is 1. The highest BCUT2D eigenvalue weighted by molar-refractivity contribution is 14.0. The van der Waals surface area contributed by atoms with E-state index < -0.39 is 0 Å². The molecule has 1 heterocycles. The number of nitrogens with one attached hydrogen (secondary N) is 3. The van der Waals surface area contributed by atoms with Gasteiger partial charge in [0.2, 0.25) is 5.91 Å². The molecule has 1 aliphatic rings. The highest BCUT2D eigenvalue weighted by Gasteiger charge is 2.24. The second-order valence-electron chi connectivity index (χ2n) is 5.56. The molecule has 0 aliphatic heterocycles. The summed E-state index contributed by atoms with van der Waals surface area (Å²) in [5.74, 6) is 1.33. The Morgan fingerprint density at radius 3 is 2.88 bits per heavy atom. The number of furan rings is 1. The molecular weight excluding hydrogens is 439 g/mol. The second-order valence-corrected chi connectivity index (χ2v) is 6.70. The smallest absolute Gasteiger partial charge is 0.242 e. The summed E-state index contributed by atoms with van der Waals surface area (Å²) in [7, 11) is 0. The molecule has 2 rings (SSSR count). The number of thioether (sulfide) groups is 1. The van der Waals surface area contributed by atoms with E-state index in [1.807, 2.05) is 24.8 Å². The van der Waals surface area contributed by atoms with Gasteiger partial charge in [0.1, 0.15) is 12.3 Å². The summed E-state index contributed by atoms with van der Waals surface area (Å²) < 4.78 is 5.18. The van der Waals surface area contributed by atoms with Crippen LogP contribution in [-0.2, 0) is 11.3 Å². The van der Waals surface area contributed by atoms with Crippen LogP contribution in [0.4, 0.5) is 0 Å². The van der Waals surface area contributed by atoms with Crippen molar-refractivity contribution in [1.82, 2.24) is 16.0 Å². The van der Waals surface area contributed by atoms with Crippen LogP contribution in [0.15, 0.2) is 27.8 Å². The van der Waals surface area contributed by atoms with Crippen LogP contribution in [0, 0.1) is 0 Å². The molecule has 2 unspecified atom stereocenters. The van der Waals surface area contributed by atoms with E-state index in [2.05, 4.69) is 27.2 Å². The summed E-state index contributed by atoms with van der Waals surface area (Å²) in [4.78, 5) is 16.2. The Morgan fingerprint density at radius 1 is 1.42 bits per heavy atom. The van der Waals surface area contributed by atoms with Gasteiger partial charge in [-0.15, -0.1) is 24.0 Å². The molecule has 0 radical (unpaired) electrons. The van der Waals surface area contributed by atoms with Gasteiger partial charge in [-0.05, 0) is 44.6 Å². The van der Waals surface area contributed by atoms with E-state index in [4.69, 9.17) is 4.42 Å². The van der Waals surface area contributed by atoms with Crippen molar-refractivity contribution in [1.29, 1.82) is 0 Å². The summed E-state index contributed by atoms with van der Waals surface area (Å²) in [6.45, 7) is 3.30. The lowest BCUT2D eigenvalue weighted by atomic mass is 10.2. The normalized spacial score (nSPS) is 20.3. The molecule has 1 amide bonds. The minimum atomic E-state index is -0.119. The molecule has 2 atom stereocenters. The summed E-state index contributed by atoms with van der Waals surface area (Å²) in [5, 5.41) is 10.2. The van der Waals surface area contributed by atoms with Gasteiger partial charge in [-0.2, -0.15) is 11.8 Å². The molecule has 1 aliphatic carbocycles. The van der Waals surface area contributed by atoms with Gasteiger partial charge in [0, 0.05) is 17.8 Å². The van der Waals surface area contributed by atoms with Gasteiger partial charge >= 0.3 is 0 Å². The molecule has 3 N–H and O–H groups in total. The van der Waals surface area contributed by atoms with Crippen molar-refractivity contribution in [2.24, 2.45) is 4.99 Å². The zero-order valence-electron chi connectivity index (χ0n) is 14.2. The third kappa shape index (κ3) is 7.33. The van der Waals surface area contributed by atoms with Crippen LogP contribution in [0.3, 0.4) is 0 Å². The van der Waals surface area contributed by atoms with E-state index in [1.54, 1.807) is 12.3 Å². The number of amides is 1. The van der Waals surface area contributed by atoms with Gasteiger partial charge in [-0.25, -0.2) is 4.99 Å². The summed E-state index contributed by atoms with van der Waals surface area (Å²) in [6, 6.07) is 4.07. The van der Waals surface area contributed by atoms with Crippen LogP contribution < -0.4 is 16.0 Å². The molecule has 0 aromatic carbocycles. The van der Waals surface area contributed by atoms with E-state index in [0.717, 1.165) is 30.4 Å². The van der Waals surface area contributed by atoms with Crippen LogP contribution in [-0.4, -0.2) is 42.5 Å². The average Bonchev–Trinajstić information content (AvgIpc) is 3.22. The fourth-order valence-corrected chi connectivity index (χ4v) is 3.40. The van der Waals surface area contributed by atoms with Gasteiger partial charge in [0.15, 0.2) is 5.96 Å². The van der Waals surface area contributed by atoms with Crippen LogP contribution in [0.25, 0.3) is 0 Å². The van der Waals surface area contributed by atoms with Gasteiger partial charge in [-0.3, -0.25) is 4.79 Å². The van der Waals surface area contributed by atoms with Gasteiger partial charge in [0.05, 0.1) is 12.8 Å². The first kappa shape index (κ1) is 21.1. The van der Waals surface area contributed by atoms with Crippen LogP contribution in [0.1, 0.15) is 31.9 Å². The van der Waals surface area contributed by atoms with Crippen molar-refractivity contribution in [3.05, 3.63) is 24.2 Å². The third-order valence-electron chi connectivity index (χ3n) is 3.82. The summed E-state index contributed by atoms with van der Waals surface area (Å²) in [5.41, 5.74) is 0. The molecular formula is C16H27IN4O2S. The van der Waals surface area contributed by atoms with Gasteiger partial charge in [0.25, 0.3) is 0 Å². The van der Waals surface area contributed by atoms with Crippen molar-refractivity contribution in [2.75, 3.05) is 19.3 Å². The Kier molecular flexibility index (Phi) is 10.2. The highest BCUT2D eigenvalue weighted by atomic mass is 127. The number of hydrogen-bond donors (Lipinski definition) is 3. The van der Waals surface area contributed by atoms with E-state index in [1.165, 1.54) is 6.42 Å². The minimum absolute atomic E-state index is 0. The lowest BCUT2D eigenvalue weighted by Gasteiger charge is -2.17. The molecule has 1 saturated carbocycles. The Bertz CT molecular complexity index is 510. The molecule has 0 bridgehead atoms. The number of hydrogen-bond acceptors (Lipinski definition) is 4. The predicted molar refractivity (Wildman–Crippen MR) is 110 cm³/mol. The number of carbonyl (C=O) groups excluding carboxylic acids is 1. The number of guanidine groups is 1. The summed E-state index contributed by atoms with van der Waals surface area (Å²) in [6.07, 6.45) is 7.30. The largest absolute Gasteiger partial charge is 0.467 e. The molecule has 136 valence electrons. The lowest BCUT2D eigenvalue weighted by molar-refractivity contribution is -0.119. The topological polar surface area (TPSA) is 78.7 Å². The highest BCUT2D eigenvalue weighted by Crippen LogP contribution is 2.27. The molecule has 1 aromatic heterocycles. The van der Waals surface area contributed by atoms with Gasteiger partial charge < -0.3 is 20.4 Å². The number of carbonyl (C=O) groups is 1. The zero-order chi connectivity index (χ0) is 16.5. The van der Waals surface area contributed by atoms with Crippen molar-refractivity contribution in [3.63, 3.8) is 0 Å². The first-order chi connectivity index (χ1) is 11.2. The molecule has 24 heavy (non-hydrogen) atoms. The predicted octanol–water partition coefficient (Wildman–Crippen LogP) is 2.35. The molecule has 8 heteroatoms. The molecule has 0 spiro atoms. The molecule has 1 aromatic rings. The SMILES string of the molecule is CCNC(=NCC(=O)NCc1ccco1)NC1CCC(SC)C1.I. The average molecular weight is 466 g/mol. The monoisotopic (exact) mass is 466 g/mol. The van der Waals surface area contributed by atoms with Crippen molar-refractivity contribution in [3.8, 4) is 0 Å². The first-order valence-electron chi connectivity index (χ1n) is 8.08. The minimum Gasteiger partial charge on any atom is -0.467 e. The van der Waals surface area contributed by atoms with E-state index in [0.29, 0.717) is 18.5 Å². The van der Waals surface area contributed by atoms with E-state index >= 15 is 0 Å². The van der Waals surface area contributed by atoms with Crippen LogP contribution in [0.2, 0.25) is 0 Å². The maximum Gasteiger partial charge on any atom is 0.242 e. The van der Waals surface area contributed by atoms with Crippen molar-refractivity contribution >= 4 is 47.6 Å². The number of rotatable bonds is 7. The maximum absolute atomic E-state index is 11.9. The fourth-order valence-electron chi connectivity index (χ4n) is 2.60. The quantitative estimate of drug-likeness (QED) is 0.327. The Morgan fingerprint density at radius 2 is 2.25 bits per heavy atom. The standard InChI is InChI=1S/C16H26N4O2S.HI/c1-3-17-16(20-12-6-7-14(9-12)23-2)19-11-15(21)18-10-13-5-4-8-22-13;/h4-5,8,12,14H,3,6-7,9-11H2,1-2H3,(H,18,21)(H2,17,19,20);1H. The molecule has 0 saturated heterocycles. The van der Waals surface area contributed by atoms with Crippen LogP contribution >= 0.6 is 35.7 Å². The van der Waals surface area contributed by atoms with E-state index in [9.17, 15) is 4.79 Å². The van der Waals surface area contributed by atoms with Gasteiger partial charge in [-0.1, -0.05) is 0 Å². The third-order valence-corrected chi connectivity index (χ3v) is 4.92. The number of nitrogens with zero attached hydrogens (tertiary/aromatic N) is 1. The van der Waals surface area contributed by atoms with Crippen LogP contribution in [0.5, 0.6) is 0 Å². The Hall–Kier alpha value is -0.900. The van der Waals surface area contributed by atoms with Crippen molar-refractivity contribution < 1.29 is 9.21 Å². The molecule has 6 nitrogen and oxygen atoms in total. The van der Waals surface area contributed by atoms with Crippen molar-refractivity contribution in [2.45, 2.75) is 44.0 Å². The second kappa shape index (κ2) is 11.6. The molecule has 1 fully saturated rings. The van der Waals surface area contributed by atoms with E-state index in [-0.39, 0.29) is 36.4 Å².